The molecule has 0 spiro atoms. The number of carbonyl (C=O) groups excluding carboxylic acids is 2. The van der Waals surface area contributed by atoms with Crippen LogP contribution >= 0.6 is 11.8 Å². The fourth-order valence-corrected chi connectivity index (χ4v) is 3.61. The van der Waals surface area contributed by atoms with Gasteiger partial charge in [0, 0.05) is 12.6 Å². The fraction of sp³-hybridized carbons (Fsp3) is 0.474. The van der Waals surface area contributed by atoms with Crippen LogP contribution in [0.4, 0.5) is 4.79 Å². The Morgan fingerprint density at radius 2 is 1.96 bits per heavy atom. The predicted octanol–water partition coefficient (Wildman–Crippen LogP) is 2.69. The molecule has 0 saturated heterocycles. The van der Waals surface area contributed by atoms with E-state index in [1.54, 1.807) is 23.6 Å². The fourth-order valence-electron chi connectivity index (χ4n) is 2.63. The number of benzene rings is 1. The number of imide groups is 1. The average Bonchev–Trinajstić information content (AvgIpc) is 3.45. The lowest BCUT2D eigenvalue weighted by Crippen LogP contribution is -2.43. The van der Waals surface area contributed by atoms with Crippen molar-refractivity contribution < 1.29 is 9.59 Å². The van der Waals surface area contributed by atoms with Gasteiger partial charge in [-0.25, -0.2) is 9.78 Å². The summed E-state index contributed by atoms with van der Waals surface area (Å²) in [6, 6.07) is 6.85. The molecule has 8 heteroatoms. The Kier molecular flexibility index (Phi) is 5.84. The molecule has 1 aliphatic carbocycles. The molecular formula is C19H24N4O3S. The Morgan fingerprint density at radius 1 is 1.26 bits per heavy atom. The maximum Gasteiger partial charge on any atom is 0.321 e. The first kappa shape index (κ1) is 19.4. The number of aromatic nitrogens is 2. The summed E-state index contributed by atoms with van der Waals surface area (Å²) in [4.78, 5) is 41.6. The van der Waals surface area contributed by atoms with Gasteiger partial charge < -0.3 is 5.32 Å². The molecule has 0 aliphatic heterocycles. The van der Waals surface area contributed by atoms with Gasteiger partial charge in [-0.3, -0.25) is 19.5 Å². The maximum atomic E-state index is 12.9. The Balaban J connectivity index is 1.77. The number of fused-ring (bicyclic) bond motifs is 1. The number of rotatable bonds is 6. The first-order valence-electron chi connectivity index (χ1n) is 9.13. The summed E-state index contributed by atoms with van der Waals surface area (Å²) in [6.07, 6.45) is 1.87. The quantitative estimate of drug-likeness (QED) is 0.586. The number of carbonyl (C=O) groups is 2. The van der Waals surface area contributed by atoms with E-state index in [0.29, 0.717) is 28.5 Å². The summed E-state index contributed by atoms with van der Waals surface area (Å²) in [7, 11) is 0. The summed E-state index contributed by atoms with van der Waals surface area (Å²) < 4.78 is 1.69. The van der Waals surface area contributed by atoms with Crippen molar-refractivity contribution in [2.45, 2.75) is 50.1 Å². The lowest BCUT2D eigenvalue weighted by atomic mass is 10.2. The topological polar surface area (TPSA) is 93.1 Å². The van der Waals surface area contributed by atoms with Gasteiger partial charge in [0.05, 0.1) is 16.2 Å². The molecule has 1 fully saturated rings. The van der Waals surface area contributed by atoms with E-state index in [1.807, 2.05) is 26.0 Å². The van der Waals surface area contributed by atoms with E-state index in [-0.39, 0.29) is 11.6 Å². The van der Waals surface area contributed by atoms with Crippen LogP contribution in [0.1, 0.15) is 39.7 Å². The van der Waals surface area contributed by atoms with E-state index in [0.717, 1.165) is 12.8 Å². The number of hydrogen-bond acceptors (Lipinski definition) is 5. The van der Waals surface area contributed by atoms with Crippen molar-refractivity contribution in [3.8, 4) is 0 Å². The molecule has 3 rings (SSSR count). The van der Waals surface area contributed by atoms with Crippen molar-refractivity contribution in [2.24, 2.45) is 5.92 Å². The molecule has 1 atom stereocenters. The summed E-state index contributed by atoms with van der Waals surface area (Å²) in [5, 5.41) is 5.54. The van der Waals surface area contributed by atoms with Crippen LogP contribution in [0.3, 0.4) is 0 Å². The summed E-state index contributed by atoms with van der Waals surface area (Å²) in [6.45, 7) is 6.15. The van der Waals surface area contributed by atoms with E-state index in [9.17, 15) is 14.4 Å². The molecule has 0 unspecified atom stereocenters. The number of nitrogens with zero attached hydrogens (tertiary/aromatic N) is 2. The summed E-state index contributed by atoms with van der Waals surface area (Å²) >= 11 is 1.20. The second-order valence-corrected chi connectivity index (χ2v) is 8.48. The monoisotopic (exact) mass is 388 g/mol. The molecule has 1 aliphatic rings. The molecule has 1 heterocycles. The van der Waals surface area contributed by atoms with Crippen LogP contribution < -0.4 is 16.2 Å². The van der Waals surface area contributed by atoms with Gasteiger partial charge in [-0.1, -0.05) is 37.7 Å². The Morgan fingerprint density at radius 3 is 2.63 bits per heavy atom. The molecule has 0 bridgehead atoms. The molecule has 1 aromatic carbocycles. The summed E-state index contributed by atoms with van der Waals surface area (Å²) in [5.74, 6) is -0.113. The molecule has 1 aromatic heterocycles. The standard InChI is InChI=1S/C19H24N4O3S/c1-11(2)10-20-18(26)22-16(24)12(3)27-19-21-15-7-5-4-6-14(15)17(25)23(19)13-8-9-13/h4-7,11-13H,8-10H2,1-3H3,(H2,20,22,24,26)/t12-/m0/s1. The highest BCUT2D eigenvalue weighted by Gasteiger charge is 2.30. The number of urea groups is 1. The third-order valence-corrected chi connectivity index (χ3v) is 5.31. The van der Waals surface area contributed by atoms with Crippen molar-refractivity contribution in [2.75, 3.05) is 6.54 Å². The van der Waals surface area contributed by atoms with Crippen molar-refractivity contribution in [1.29, 1.82) is 0 Å². The van der Waals surface area contributed by atoms with E-state index in [1.165, 1.54) is 11.8 Å². The van der Waals surface area contributed by atoms with E-state index in [2.05, 4.69) is 15.6 Å². The zero-order valence-electron chi connectivity index (χ0n) is 15.7. The van der Waals surface area contributed by atoms with Crippen LogP contribution in [0, 0.1) is 5.92 Å². The second-order valence-electron chi connectivity index (χ2n) is 7.17. The smallest absolute Gasteiger partial charge is 0.321 e. The highest BCUT2D eigenvalue weighted by atomic mass is 32.2. The molecular weight excluding hydrogens is 364 g/mol. The third kappa shape index (κ3) is 4.68. The molecule has 1 saturated carbocycles. The molecule has 2 N–H and O–H groups in total. The zero-order valence-corrected chi connectivity index (χ0v) is 16.5. The van der Waals surface area contributed by atoms with Gasteiger partial charge in [0.25, 0.3) is 5.56 Å². The highest BCUT2D eigenvalue weighted by Crippen LogP contribution is 2.37. The van der Waals surface area contributed by atoms with Crippen molar-refractivity contribution >= 4 is 34.6 Å². The molecule has 144 valence electrons. The van der Waals surface area contributed by atoms with Gasteiger partial charge in [0.1, 0.15) is 0 Å². The second kappa shape index (κ2) is 8.12. The number of para-hydroxylation sites is 1. The first-order valence-corrected chi connectivity index (χ1v) is 10.0. The van der Waals surface area contributed by atoms with Crippen LogP contribution in [-0.2, 0) is 4.79 Å². The van der Waals surface area contributed by atoms with Gasteiger partial charge in [-0.05, 0) is 37.8 Å². The number of nitrogens with one attached hydrogen (secondary N) is 2. The maximum absolute atomic E-state index is 12.9. The lowest BCUT2D eigenvalue weighted by molar-refractivity contribution is -0.119. The van der Waals surface area contributed by atoms with E-state index in [4.69, 9.17) is 0 Å². The minimum absolute atomic E-state index is 0.0760. The summed E-state index contributed by atoms with van der Waals surface area (Å²) in [5.41, 5.74) is 0.539. The van der Waals surface area contributed by atoms with Gasteiger partial charge in [0.15, 0.2) is 5.16 Å². The van der Waals surface area contributed by atoms with Crippen LogP contribution in [0.5, 0.6) is 0 Å². The number of amides is 3. The minimum Gasteiger partial charge on any atom is -0.338 e. The van der Waals surface area contributed by atoms with Crippen LogP contribution in [0.2, 0.25) is 0 Å². The normalized spacial score (nSPS) is 15.0. The average molecular weight is 388 g/mol. The van der Waals surface area contributed by atoms with Crippen molar-refractivity contribution in [3.05, 3.63) is 34.6 Å². The zero-order chi connectivity index (χ0) is 19.6. The Labute approximate surface area is 161 Å². The SMILES string of the molecule is CC(C)CNC(=O)NC(=O)[C@H](C)Sc1nc2ccccc2c(=O)n1C1CC1. The predicted molar refractivity (Wildman–Crippen MR) is 106 cm³/mol. The largest absolute Gasteiger partial charge is 0.338 e. The van der Waals surface area contributed by atoms with E-state index < -0.39 is 17.2 Å². The van der Waals surface area contributed by atoms with Crippen molar-refractivity contribution in [3.63, 3.8) is 0 Å². The van der Waals surface area contributed by atoms with Crippen LogP contribution in [0.25, 0.3) is 10.9 Å². The molecule has 3 amide bonds. The van der Waals surface area contributed by atoms with Gasteiger partial charge in [-0.15, -0.1) is 0 Å². The third-order valence-electron chi connectivity index (χ3n) is 4.25. The highest BCUT2D eigenvalue weighted by molar-refractivity contribution is 8.00. The van der Waals surface area contributed by atoms with Gasteiger partial charge in [-0.2, -0.15) is 0 Å². The Bertz CT molecular complexity index is 921. The Hall–Kier alpha value is -2.35. The lowest BCUT2D eigenvalue weighted by Gasteiger charge is -2.16. The molecule has 2 aromatic rings. The molecule has 27 heavy (non-hydrogen) atoms. The van der Waals surface area contributed by atoms with Crippen LogP contribution in [-0.4, -0.2) is 33.3 Å². The molecule has 0 radical (unpaired) electrons. The van der Waals surface area contributed by atoms with Crippen LogP contribution in [0.15, 0.2) is 34.2 Å². The van der Waals surface area contributed by atoms with Gasteiger partial charge in [0.2, 0.25) is 5.91 Å². The molecule has 7 nitrogen and oxygen atoms in total. The number of thioether (sulfide) groups is 1. The minimum atomic E-state index is -0.562. The number of hydrogen-bond donors (Lipinski definition) is 2. The van der Waals surface area contributed by atoms with E-state index >= 15 is 0 Å². The first-order chi connectivity index (χ1) is 12.9. The van der Waals surface area contributed by atoms with Gasteiger partial charge >= 0.3 is 6.03 Å². The van der Waals surface area contributed by atoms with Crippen molar-refractivity contribution in [1.82, 2.24) is 20.2 Å².